The fraction of sp³-hybridized carbons (Fsp3) is 0.278. The molecule has 1 N–H and O–H groups in total. The first kappa shape index (κ1) is 15.1. The molecule has 3 nitrogen and oxygen atoms in total. The van der Waals surface area contributed by atoms with Gasteiger partial charge in [0.05, 0.1) is 12.7 Å². The second-order valence-corrected chi connectivity index (χ2v) is 5.16. The number of nitrogens with one attached hydrogen (secondary N) is 1. The van der Waals surface area contributed by atoms with Crippen LogP contribution < -0.4 is 10.1 Å². The van der Waals surface area contributed by atoms with Gasteiger partial charge >= 0.3 is 0 Å². The van der Waals surface area contributed by atoms with E-state index >= 15 is 0 Å². The van der Waals surface area contributed by atoms with Crippen LogP contribution in [0.3, 0.4) is 0 Å². The Bertz CT molecular complexity index is 641. The van der Waals surface area contributed by atoms with Crippen LogP contribution in [0.25, 0.3) is 0 Å². The van der Waals surface area contributed by atoms with Gasteiger partial charge in [0.25, 0.3) is 0 Å². The number of hydrogen-bond donors (Lipinski definition) is 1. The molecule has 2 aromatic carbocycles. The third kappa shape index (κ3) is 3.84. The van der Waals surface area contributed by atoms with E-state index < -0.39 is 0 Å². The van der Waals surface area contributed by atoms with Gasteiger partial charge in [0.2, 0.25) is 0 Å². The summed E-state index contributed by atoms with van der Waals surface area (Å²) in [6.07, 6.45) is 0. The zero-order valence-corrected chi connectivity index (χ0v) is 12.7. The van der Waals surface area contributed by atoms with Crippen molar-refractivity contribution in [3.63, 3.8) is 0 Å². The van der Waals surface area contributed by atoms with E-state index in [9.17, 15) is 0 Å². The van der Waals surface area contributed by atoms with E-state index in [4.69, 9.17) is 10.00 Å². The highest BCUT2D eigenvalue weighted by atomic mass is 16.5. The fourth-order valence-electron chi connectivity index (χ4n) is 2.20. The molecule has 0 saturated carbocycles. The Morgan fingerprint density at radius 1 is 1.19 bits per heavy atom. The van der Waals surface area contributed by atoms with Crippen molar-refractivity contribution in [1.82, 2.24) is 5.32 Å². The second kappa shape index (κ2) is 6.92. The normalized spacial score (nSPS) is 11.7. The summed E-state index contributed by atoms with van der Waals surface area (Å²) in [4.78, 5) is 0. The van der Waals surface area contributed by atoms with Crippen LogP contribution in [0.1, 0.15) is 35.2 Å². The maximum atomic E-state index is 9.10. The lowest BCUT2D eigenvalue weighted by Crippen LogP contribution is -2.18. The van der Waals surface area contributed by atoms with Gasteiger partial charge < -0.3 is 10.1 Å². The summed E-state index contributed by atoms with van der Waals surface area (Å²) < 4.78 is 5.15. The van der Waals surface area contributed by atoms with Gasteiger partial charge in [0, 0.05) is 12.6 Å². The van der Waals surface area contributed by atoms with Crippen molar-refractivity contribution in [3.8, 4) is 11.8 Å². The van der Waals surface area contributed by atoms with Crippen LogP contribution in [0.4, 0.5) is 0 Å². The van der Waals surface area contributed by atoms with Gasteiger partial charge in [-0.2, -0.15) is 5.26 Å². The average Bonchev–Trinajstić information content (AvgIpc) is 2.52. The molecule has 0 aliphatic rings. The lowest BCUT2D eigenvalue weighted by Gasteiger charge is -2.15. The highest BCUT2D eigenvalue weighted by Crippen LogP contribution is 2.19. The van der Waals surface area contributed by atoms with Crippen LogP contribution in [-0.4, -0.2) is 7.11 Å². The number of aryl methyl sites for hydroxylation is 1. The molecule has 0 fully saturated rings. The van der Waals surface area contributed by atoms with Crippen molar-refractivity contribution in [2.75, 3.05) is 7.11 Å². The van der Waals surface area contributed by atoms with E-state index in [0.717, 1.165) is 5.56 Å². The van der Waals surface area contributed by atoms with Crippen molar-refractivity contribution in [3.05, 3.63) is 64.7 Å². The Hall–Kier alpha value is -2.31. The Kier molecular flexibility index (Phi) is 4.97. The topological polar surface area (TPSA) is 45.0 Å². The van der Waals surface area contributed by atoms with Gasteiger partial charge in [-0.15, -0.1) is 0 Å². The number of benzene rings is 2. The summed E-state index contributed by atoms with van der Waals surface area (Å²) in [5.74, 6) is 0.618. The number of nitrogens with zero attached hydrogens (tertiary/aromatic N) is 1. The molecule has 1 unspecified atom stereocenters. The van der Waals surface area contributed by atoms with E-state index in [1.807, 2.05) is 18.2 Å². The Morgan fingerprint density at radius 2 is 1.90 bits per heavy atom. The van der Waals surface area contributed by atoms with Gasteiger partial charge in [-0.3, -0.25) is 0 Å². The largest absolute Gasteiger partial charge is 0.495 e. The Balaban J connectivity index is 2.03. The van der Waals surface area contributed by atoms with Gasteiger partial charge in [-0.25, -0.2) is 0 Å². The zero-order chi connectivity index (χ0) is 15.2. The minimum Gasteiger partial charge on any atom is -0.495 e. The SMILES string of the molecule is COc1ccc(CNC(C)c2ccc(C)cc2)cc1C#N. The smallest absolute Gasteiger partial charge is 0.136 e. The highest BCUT2D eigenvalue weighted by molar-refractivity contribution is 5.45. The lowest BCUT2D eigenvalue weighted by atomic mass is 10.1. The van der Waals surface area contributed by atoms with Crippen LogP contribution >= 0.6 is 0 Å². The van der Waals surface area contributed by atoms with Crippen LogP contribution in [-0.2, 0) is 6.54 Å². The van der Waals surface area contributed by atoms with Crippen LogP contribution in [0.15, 0.2) is 42.5 Å². The molecule has 0 saturated heterocycles. The summed E-state index contributed by atoms with van der Waals surface area (Å²) in [6, 6.07) is 16.6. The quantitative estimate of drug-likeness (QED) is 0.907. The standard InChI is InChI=1S/C18H20N2O/c1-13-4-7-16(8-5-13)14(2)20-12-15-6-9-18(21-3)17(10-15)11-19/h4-10,14,20H,12H2,1-3H3. The van der Waals surface area contributed by atoms with Gasteiger partial charge in [-0.05, 0) is 37.1 Å². The van der Waals surface area contributed by atoms with Gasteiger partial charge in [-0.1, -0.05) is 35.9 Å². The molecule has 0 aromatic heterocycles. The minimum atomic E-state index is 0.262. The van der Waals surface area contributed by atoms with E-state index in [0.29, 0.717) is 17.9 Å². The van der Waals surface area contributed by atoms with Gasteiger partial charge in [0.15, 0.2) is 0 Å². The number of nitriles is 1. The van der Waals surface area contributed by atoms with Crippen molar-refractivity contribution in [2.24, 2.45) is 0 Å². The molecular formula is C18H20N2O. The molecule has 3 heteroatoms. The fourth-order valence-corrected chi connectivity index (χ4v) is 2.20. The molecule has 108 valence electrons. The van der Waals surface area contributed by atoms with Crippen LogP contribution in [0, 0.1) is 18.3 Å². The van der Waals surface area contributed by atoms with Crippen LogP contribution in [0.2, 0.25) is 0 Å². The maximum Gasteiger partial charge on any atom is 0.136 e. The third-order valence-corrected chi connectivity index (χ3v) is 3.57. The molecule has 0 spiro atoms. The Morgan fingerprint density at radius 3 is 2.52 bits per heavy atom. The molecule has 1 atom stereocenters. The maximum absolute atomic E-state index is 9.10. The lowest BCUT2D eigenvalue weighted by molar-refractivity contribution is 0.413. The second-order valence-electron chi connectivity index (χ2n) is 5.16. The highest BCUT2D eigenvalue weighted by Gasteiger charge is 2.07. The zero-order valence-electron chi connectivity index (χ0n) is 12.7. The van der Waals surface area contributed by atoms with Crippen molar-refractivity contribution < 1.29 is 4.74 Å². The summed E-state index contributed by atoms with van der Waals surface area (Å²) in [7, 11) is 1.58. The molecule has 2 rings (SSSR count). The molecule has 0 aliphatic heterocycles. The van der Waals surface area contributed by atoms with Crippen molar-refractivity contribution >= 4 is 0 Å². The van der Waals surface area contributed by atoms with E-state index in [1.54, 1.807) is 7.11 Å². The first-order chi connectivity index (χ1) is 10.1. The monoisotopic (exact) mass is 280 g/mol. The number of methoxy groups -OCH3 is 1. The molecule has 2 aromatic rings. The first-order valence-electron chi connectivity index (χ1n) is 7.01. The summed E-state index contributed by atoms with van der Waals surface area (Å²) in [5.41, 5.74) is 4.17. The predicted octanol–water partition coefficient (Wildman–Crippen LogP) is 3.73. The van der Waals surface area contributed by atoms with Crippen molar-refractivity contribution in [1.29, 1.82) is 5.26 Å². The van der Waals surface area contributed by atoms with Gasteiger partial charge in [0.1, 0.15) is 11.8 Å². The summed E-state index contributed by atoms with van der Waals surface area (Å²) in [5, 5.41) is 12.6. The molecular weight excluding hydrogens is 260 g/mol. The number of ether oxygens (including phenoxy) is 1. The van der Waals surface area contributed by atoms with Crippen LogP contribution in [0.5, 0.6) is 5.75 Å². The van der Waals surface area contributed by atoms with E-state index in [-0.39, 0.29) is 6.04 Å². The van der Waals surface area contributed by atoms with Crippen molar-refractivity contribution in [2.45, 2.75) is 26.4 Å². The molecule has 21 heavy (non-hydrogen) atoms. The average molecular weight is 280 g/mol. The summed E-state index contributed by atoms with van der Waals surface area (Å²) >= 11 is 0. The third-order valence-electron chi connectivity index (χ3n) is 3.57. The number of hydrogen-bond acceptors (Lipinski definition) is 3. The van der Waals surface area contributed by atoms with E-state index in [1.165, 1.54) is 11.1 Å². The molecule has 0 bridgehead atoms. The predicted molar refractivity (Wildman–Crippen MR) is 84.1 cm³/mol. The first-order valence-corrected chi connectivity index (χ1v) is 7.01. The Labute approximate surface area is 126 Å². The molecule has 0 amide bonds. The molecule has 0 heterocycles. The minimum absolute atomic E-state index is 0.262. The summed E-state index contributed by atoms with van der Waals surface area (Å²) in [6.45, 7) is 4.94. The number of rotatable bonds is 5. The van der Waals surface area contributed by atoms with E-state index in [2.05, 4.69) is 49.5 Å². The molecule has 0 radical (unpaired) electrons. The molecule has 0 aliphatic carbocycles.